The van der Waals surface area contributed by atoms with Gasteiger partial charge in [-0.25, -0.2) is 15.0 Å². The minimum atomic E-state index is 0.600. The lowest BCUT2D eigenvalue weighted by Crippen LogP contribution is -2.01. The molecule has 0 atom stereocenters. The number of benzene rings is 14. The Kier molecular flexibility index (Phi) is 12.1. The molecule has 0 saturated carbocycles. The van der Waals surface area contributed by atoms with Crippen molar-refractivity contribution in [2.75, 3.05) is 0 Å². The summed E-state index contributed by atoms with van der Waals surface area (Å²) in [6.45, 7) is 0. The standard InChI is InChI=1S/C87H55N7/c1-3-21-57(22-4-1)85-88-86(90-87(89-85)63-24-20-28-66(52-63)92-76-35-13-7-29-67(76)68-30-8-14-36-77(68)92)58-43-41-56(42-44-58)59-45-48-82(94-80-39-17-9-31-69(80)70-32-10-18-40-81(70)94)73(53-59)62-23-19-27-65(51-62)93-79-38-16-12-34-72(79)75-55-61(47-50-84(75)93)60-46-49-83-74(54-60)71-33-11-15-37-78(71)91(83)64-25-5-2-6-26-64/h1-55H. The summed E-state index contributed by atoms with van der Waals surface area (Å²) in [7, 11) is 0. The fourth-order valence-corrected chi connectivity index (χ4v) is 14.7. The Bertz CT molecular complexity index is 6120. The largest absolute Gasteiger partial charge is 0.309 e. The number of fused-ring (bicyclic) bond motifs is 12. The Balaban J connectivity index is 0.725. The van der Waals surface area contributed by atoms with Gasteiger partial charge in [0.25, 0.3) is 0 Å². The average molecular weight is 1200 g/mol. The number of hydrogen-bond donors (Lipinski definition) is 0. The number of rotatable bonds is 10. The molecule has 19 rings (SSSR count). The lowest BCUT2D eigenvalue weighted by molar-refractivity contribution is 1.07. The molecule has 0 radical (unpaired) electrons. The third kappa shape index (κ3) is 8.56. The van der Waals surface area contributed by atoms with E-state index in [-0.39, 0.29) is 0 Å². The van der Waals surface area contributed by atoms with Crippen molar-refractivity contribution in [2.24, 2.45) is 0 Å². The molecular weight excluding hydrogens is 1140 g/mol. The number of aromatic nitrogens is 7. The first-order chi connectivity index (χ1) is 46.6. The van der Waals surface area contributed by atoms with E-state index in [0.717, 1.165) is 94.8 Å². The molecule has 7 heteroatoms. The predicted octanol–water partition coefficient (Wildman–Crippen LogP) is 22.3. The topological polar surface area (TPSA) is 58.4 Å². The van der Waals surface area contributed by atoms with E-state index in [4.69, 9.17) is 15.0 Å². The van der Waals surface area contributed by atoms with Gasteiger partial charge >= 0.3 is 0 Å². The molecule has 0 aliphatic rings. The molecule has 0 fully saturated rings. The first kappa shape index (κ1) is 53.2. The smallest absolute Gasteiger partial charge is 0.164 e. The minimum absolute atomic E-state index is 0.600. The van der Waals surface area contributed by atoms with Crippen molar-refractivity contribution in [3.05, 3.63) is 334 Å². The Morgan fingerprint density at radius 1 is 0.170 bits per heavy atom. The molecule has 0 saturated heterocycles. The van der Waals surface area contributed by atoms with Gasteiger partial charge in [-0.05, 0) is 137 Å². The maximum absolute atomic E-state index is 5.27. The fourth-order valence-electron chi connectivity index (χ4n) is 14.7. The van der Waals surface area contributed by atoms with E-state index in [9.17, 15) is 0 Å². The molecule has 19 aromatic rings. The number of nitrogens with zero attached hydrogens (tertiary/aromatic N) is 7. The van der Waals surface area contributed by atoms with Gasteiger partial charge in [0, 0.05) is 82.4 Å². The molecule has 0 aliphatic heterocycles. The lowest BCUT2D eigenvalue weighted by Gasteiger charge is -2.17. The van der Waals surface area contributed by atoms with Crippen molar-refractivity contribution < 1.29 is 0 Å². The fraction of sp³-hybridized carbons (Fsp3) is 0. The van der Waals surface area contributed by atoms with Gasteiger partial charge in [0.1, 0.15) is 0 Å². The average Bonchev–Trinajstić information content (AvgIpc) is 1.60. The molecule has 0 N–H and O–H groups in total. The third-order valence-electron chi connectivity index (χ3n) is 19.0. The van der Waals surface area contributed by atoms with Gasteiger partial charge in [-0.15, -0.1) is 0 Å². The summed E-state index contributed by atoms with van der Waals surface area (Å²) in [6, 6.07) is 120. The minimum Gasteiger partial charge on any atom is -0.309 e. The summed E-state index contributed by atoms with van der Waals surface area (Å²) in [5.41, 5.74) is 23.1. The van der Waals surface area contributed by atoms with Crippen LogP contribution in [-0.2, 0) is 0 Å². The molecule has 7 nitrogen and oxygen atoms in total. The molecule has 0 amide bonds. The Morgan fingerprint density at radius 3 is 0.968 bits per heavy atom. The molecule has 0 unspecified atom stereocenters. The zero-order chi connectivity index (χ0) is 61.8. The molecule has 94 heavy (non-hydrogen) atoms. The SMILES string of the molecule is c1ccc(-c2nc(-c3ccc(-c4ccc(-n5c6ccccc6c6ccccc65)c(-c5cccc(-n6c7ccccc7c7cc(-c8ccc9c(c8)c8ccccc8n9-c8ccccc8)ccc76)c5)c4)cc3)nc(-c3cccc(-n4c5ccccc5c5ccccc54)c3)n2)cc1. The summed E-state index contributed by atoms with van der Waals surface area (Å²) in [5, 5.41) is 9.75. The summed E-state index contributed by atoms with van der Waals surface area (Å²) >= 11 is 0. The number of hydrogen-bond acceptors (Lipinski definition) is 3. The van der Waals surface area contributed by atoms with Crippen molar-refractivity contribution in [1.29, 1.82) is 0 Å². The predicted molar refractivity (Wildman–Crippen MR) is 390 cm³/mol. The van der Waals surface area contributed by atoms with Gasteiger partial charge in [0.05, 0.1) is 49.8 Å². The summed E-state index contributed by atoms with van der Waals surface area (Å²) in [4.78, 5) is 15.6. The molecule has 5 heterocycles. The van der Waals surface area contributed by atoms with E-state index in [2.05, 4.69) is 334 Å². The highest BCUT2D eigenvalue weighted by Gasteiger charge is 2.22. The summed E-state index contributed by atoms with van der Waals surface area (Å²) in [6.07, 6.45) is 0. The van der Waals surface area contributed by atoms with Crippen molar-refractivity contribution in [1.82, 2.24) is 33.2 Å². The van der Waals surface area contributed by atoms with E-state index in [1.165, 1.54) is 65.3 Å². The van der Waals surface area contributed by atoms with Crippen molar-refractivity contribution in [3.8, 4) is 90.3 Å². The first-order valence-corrected chi connectivity index (χ1v) is 32.0. The molecular formula is C87H55N7. The van der Waals surface area contributed by atoms with E-state index in [1.54, 1.807) is 0 Å². The number of para-hydroxylation sites is 7. The normalized spacial score (nSPS) is 11.8. The van der Waals surface area contributed by atoms with E-state index >= 15 is 0 Å². The quantitative estimate of drug-likeness (QED) is 0.137. The second-order valence-corrected chi connectivity index (χ2v) is 24.3. The Labute approximate surface area is 541 Å². The zero-order valence-electron chi connectivity index (χ0n) is 50.9. The van der Waals surface area contributed by atoms with E-state index in [0.29, 0.717) is 17.5 Å². The first-order valence-electron chi connectivity index (χ1n) is 32.0. The monoisotopic (exact) mass is 1200 g/mol. The second kappa shape index (κ2) is 21.5. The van der Waals surface area contributed by atoms with Gasteiger partial charge in [-0.2, -0.15) is 0 Å². The highest BCUT2D eigenvalue weighted by Crippen LogP contribution is 2.43. The van der Waals surface area contributed by atoms with Crippen LogP contribution in [0.1, 0.15) is 0 Å². The maximum Gasteiger partial charge on any atom is 0.164 e. The van der Waals surface area contributed by atoms with Gasteiger partial charge in [-0.3, -0.25) is 0 Å². The van der Waals surface area contributed by atoms with Crippen LogP contribution in [0.2, 0.25) is 0 Å². The maximum atomic E-state index is 5.27. The van der Waals surface area contributed by atoms with Crippen molar-refractivity contribution in [2.45, 2.75) is 0 Å². The Morgan fingerprint density at radius 2 is 0.479 bits per heavy atom. The highest BCUT2D eigenvalue weighted by atomic mass is 15.0. The van der Waals surface area contributed by atoms with Crippen LogP contribution < -0.4 is 0 Å². The zero-order valence-corrected chi connectivity index (χ0v) is 50.9. The van der Waals surface area contributed by atoms with Gasteiger partial charge < -0.3 is 18.3 Å². The molecule has 0 bridgehead atoms. The van der Waals surface area contributed by atoms with Crippen LogP contribution in [0.5, 0.6) is 0 Å². The van der Waals surface area contributed by atoms with E-state index < -0.39 is 0 Å². The van der Waals surface area contributed by atoms with Gasteiger partial charge in [-0.1, -0.05) is 224 Å². The van der Waals surface area contributed by atoms with Crippen molar-refractivity contribution in [3.63, 3.8) is 0 Å². The molecule has 0 spiro atoms. The van der Waals surface area contributed by atoms with Crippen LogP contribution >= 0.6 is 0 Å². The molecule has 438 valence electrons. The molecule has 5 aromatic heterocycles. The lowest BCUT2D eigenvalue weighted by atomic mass is 9.96. The van der Waals surface area contributed by atoms with Crippen LogP contribution in [0, 0.1) is 0 Å². The second-order valence-electron chi connectivity index (χ2n) is 24.3. The van der Waals surface area contributed by atoms with Gasteiger partial charge in [0.2, 0.25) is 0 Å². The Hall–Kier alpha value is -12.7. The van der Waals surface area contributed by atoms with Gasteiger partial charge in [0.15, 0.2) is 17.5 Å². The van der Waals surface area contributed by atoms with Crippen LogP contribution in [0.15, 0.2) is 334 Å². The van der Waals surface area contributed by atoms with Crippen LogP contribution in [0.4, 0.5) is 0 Å². The highest BCUT2D eigenvalue weighted by molar-refractivity contribution is 6.14. The molecule has 14 aromatic carbocycles. The van der Waals surface area contributed by atoms with Crippen LogP contribution in [0.3, 0.4) is 0 Å². The molecule has 0 aliphatic carbocycles. The van der Waals surface area contributed by atoms with E-state index in [1.807, 2.05) is 18.2 Å². The summed E-state index contributed by atoms with van der Waals surface area (Å²) < 4.78 is 9.60. The summed E-state index contributed by atoms with van der Waals surface area (Å²) in [5.74, 6) is 1.82. The van der Waals surface area contributed by atoms with Crippen molar-refractivity contribution >= 4 is 87.2 Å². The van der Waals surface area contributed by atoms with Crippen LogP contribution in [0.25, 0.3) is 178 Å². The van der Waals surface area contributed by atoms with Crippen LogP contribution in [-0.4, -0.2) is 33.2 Å². The third-order valence-corrected chi connectivity index (χ3v) is 19.0.